The second-order valence-electron chi connectivity index (χ2n) is 12.3. The molecule has 0 saturated carbocycles. The average molecular weight is 618 g/mol. The van der Waals surface area contributed by atoms with Crippen LogP contribution >= 0.6 is 0 Å². The van der Waals surface area contributed by atoms with E-state index in [0.717, 1.165) is 84.5 Å². The molecule has 9 aromatic rings. The molecule has 3 aromatic heterocycles. The maximum Gasteiger partial charge on any atom is 0.164 e. The number of aromatic nitrogens is 3. The Labute approximate surface area is 275 Å². The Morgan fingerprint density at radius 1 is 0.438 bits per heavy atom. The summed E-state index contributed by atoms with van der Waals surface area (Å²) in [5.41, 5.74) is 11.1. The van der Waals surface area contributed by atoms with Gasteiger partial charge in [-0.05, 0) is 83.1 Å². The molecule has 0 aliphatic heterocycles. The van der Waals surface area contributed by atoms with Crippen LogP contribution in [0, 0.1) is 0 Å². The van der Waals surface area contributed by atoms with Crippen molar-refractivity contribution in [2.24, 2.45) is 0 Å². The third kappa shape index (κ3) is 4.36. The van der Waals surface area contributed by atoms with Gasteiger partial charge in [0.15, 0.2) is 17.5 Å². The van der Waals surface area contributed by atoms with Crippen molar-refractivity contribution in [3.63, 3.8) is 0 Å². The fourth-order valence-electron chi connectivity index (χ4n) is 7.06. The summed E-state index contributed by atoms with van der Waals surface area (Å²) in [6.45, 7) is 0. The monoisotopic (exact) mass is 617 g/mol. The number of rotatable bonds is 4. The molecule has 6 aromatic carbocycles. The van der Waals surface area contributed by atoms with Gasteiger partial charge in [-0.2, -0.15) is 0 Å². The Morgan fingerprint density at radius 3 is 2.00 bits per heavy atom. The van der Waals surface area contributed by atoms with Gasteiger partial charge < -0.3 is 8.83 Å². The molecule has 48 heavy (non-hydrogen) atoms. The van der Waals surface area contributed by atoms with Gasteiger partial charge >= 0.3 is 0 Å². The van der Waals surface area contributed by atoms with E-state index >= 15 is 0 Å². The standard InChI is InChI=1S/C43H27N3O2/c1-2-10-27(11-3-1)41-44-42(31-18-17-26-9-4-5-12-28(26)23-31)46-43(45-41)35-14-8-16-37-40(35)34-22-20-30(25-39(34)48-37)29-19-21-33-32-13-6-7-15-36(32)47-38(33)24-29/h1-16,19-25H,17-18H2. The Kier molecular flexibility index (Phi) is 5.93. The zero-order chi connectivity index (χ0) is 31.6. The highest BCUT2D eigenvalue weighted by atomic mass is 16.3. The van der Waals surface area contributed by atoms with Crippen LogP contribution in [0.1, 0.15) is 23.4 Å². The van der Waals surface area contributed by atoms with Crippen LogP contribution in [0.4, 0.5) is 0 Å². The van der Waals surface area contributed by atoms with Gasteiger partial charge in [0.1, 0.15) is 22.3 Å². The molecular weight excluding hydrogens is 590 g/mol. The van der Waals surface area contributed by atoms with Crippen LogP contribution in [-0.4, -0.2) is 15.0 Å². The molecule has 0 spiro atoms. The lowest BCUT2D eigenvalue weighted by atomic mass is 9.92. The number of furan rings is 2. The minimum Gasteiger partial charge on any atom is -0.456 e. The first-order valence-corrected chi connectivity index (χ1v) is 16.2. The summed E-state index contributed by atoms with van der Waals surface area (Å²) in [4.78, 5) is 15.2. The number of benzene rings is 6. The highest BCUT2D eigenvalue weighted by Gasteiger charge is 2.20. The van der Waals surface area contributed by atoms with E-state index in [0.29, 0.717) is 17.5 Å². The topological polar surface area (TPSA) is 65.0 Å². The third-order valence-electron chi connectivity index (χ3n) is 9.45. The largest absolute Gasteiger partial charge is 0.456 e. The molecule has 0 fully saturated rings. The fraction of sp³-hybridized carbons (Fsp3) is 0.0465. The predicted molar refractivity (Wildman–Crippen MR) is 193 cm³/mol. The van der Waals surface area contributed by atoms with Gasteiger partial charge in [-0.1, -0.05) is 97.1 Å². The summed E-state index contributed by atoms with van der Waals surface area (Å²) >= 11 is 0. The molecule has 1 aliphatic rings. The maximum absolute atomic E-state index is 6.51. The number of aryl methyl sites for hydroxylation is 1. The number of para-hydroxylation sites is 1. The van der Waals surface area contributed by atoms with Crippen molar-refractivity contribution in [1.29, 1.82) is 0 Å². The second-order valence-corrected chi connectivity index (χ2v) is 12.3. The van der Waals surface area contributed by atoms with E-state index in [4.69, 9.17) is 23.8 Å². The molecule has 10 rings (SSSR count). The van der Waals surface area contributed by atoms with Crippen LogP contribution in [0.3, 0.4) is 0 Å². The average Bonchev–Trinajstić information content (AvgIpc) is 3.72. The van der Waals surface area contributed by atoms with E-state index in [1.54, 1.807) is 0 Å². The van der Waals surface area contributed by atoms with Gasteiger partial charge in [-0.15, -0.1) is 0 Å². The van der Waals surface area contributed by atoms with Gasteiger partial charge in [0, 0.05) is 32.7 Å². The van der Waals surface area contributed by atoms with E-state index in [2.05, 4.69) is 78.9 Å². The molecule has 3 heterocycles. The molecule has 1 aliphatic carbocycles. The van der Waals surface area contributed by atoms with E-state index in [9.17, 15) is 0 Å². The highest BCUT2D eigenvalue weighted by Crippen LogP contribution is 2.39. The van der Waals surface area contributed by atoms with Crippen LogP contribution in [0.2, 0.25) is 0 Å². The minimum atomic E-state index is 0.631. The van der Waals surface area contributed by atoms with Crippen molar-refractivity contribution >= 4 is 55.5 Å². The Balaban J connectivity index is 1.12. The van der Waals surface area contributed by atoms with Crippen molar-refractivity contribution in [2.75, 3.05) is 0 Å². The summed E-state index contributed by atoms with van der Waals surface area (Å²) in [6, 6.07) is 45.7. The maximum atomic E-state index is 6.51. The summed E-state index contributed by atoms with van der Waals surface area (Å²) in [5.74, 6) is 2.00. The molecule has 0 amide bonds. The van der Waals surface area contributed by atoms with Crippen molar-refractivity contribution in [3.05, 3.63) is 150 Å². The number of nitrogens with zero attached hydrogens (tertiary/aromatic N) is 3. The zero-order valence-corrected chi connectivity index (χ0v) is 25.9. The van der Waals surface area contributed by atoms with Gasteiger partial charge in [-0.3, -0.25) is 0 Å². The smallest absolute Gasteiger partial charge is 0.164 e. The summed E-state index contributed by atoms with van der Waals surface area (Å²) < 4.78 is 12.7. The van der Waals surface area contributed by atoms with Gasteiger partial charge in [0.25, 0.3) is 0 Å². The van der Waals surface area contributed by atoms with E-state index < -0.39 is 0 Å². The van der Waals surface area contributed by atoms with Crippen LogP contribution < -0.4 is 0 Å². The SMILES string of the molecule is C1=C(c2nc(-c3ccccc3)nc(-c3cccc4oc5cc(-c6ccc7c(c6)oc6ccccc67)ccc5c34)n2)CCc2ccccc21. The zero-order valence-electron chi connectivity index (χ0n) is 25.9. The Bertz CT molecular complexity index is 2740. The molecular formula is C43H27N3O2. The molecule has 0 bridgehead atoms. The van der Waals surface area contributed by atoms with Crippen molar-refractivity contribution in [2.45, 2.75) is 12.8 Å². The number of hydrogen-bond donors (Lipinski definition) is 0. The first kappa shape index (κ1) is 26.8. The second kappa shape index (κ2) is 10.6. The number of allylic oxidation sites excluding steroid dienone is 1. The molecule has 0 radical (unpaired) electrons. The number of fused-ring (bicyclic) bond motifs is 7. The van der Waals surface area contributed by atoms with Crippen LogP contribution in [0.5, 0.6) is 0 Å². The predicted octanol–water partition coefficient (Wildman–Crippen LogP) is 11.2. The van der Waals surface area contributed by atoms with Crippen molar-refractivity contribution in [1.82, 2.24) is 15.0 Å². The first-order valence-electron chi connectivity index (χ1n) is 16.2. The van der Waals surface area contributed by atoms with Crippen molar-refractivity contribution < 1.29 is 8.83 Å². The summed E-state index contributed by atoms with van der Waals surface area (Å²) in [7, 11) is 0. The third-order valence-corrected chi connectivity index (χ3v) is 9.45. The quantitative estimate of drug-likeness (QED) is 0.197. The first-order chi connectivity index (χ1) is 23.7. The van der Waals surface area contributed by atoms with E-state index in [1.165, 1.54) is 11.1 Å². The van der Waals surface area contributed by atoms with Crippen molar-refractivity contribution in [3.8, 4) is 33.9 Å². The summed E-state index contributed by atoms with van der Waals surface area (Å²) in [5, 5.41) is 4.25. The van der Waals surface area contributed by atoms with Crippen LogP contribution in [-0.2, 0) is 6.42 Å². The minimum absolute atomic E-state index is 0.631. The molecule has 5 heteroatoms. The summed E-state index contributed by atoms with van der Waals surface area (Å²) in [6.07, 6.45) is 4.05. The lowest BCUT2D eigenvalue weighted by molar-refractivity contribution is 0.668. The van der Waals surface area contributed by atoms with Gasteiger partial charge in [0.2, 0.25) is 0 Å². The van der Waals surface area contributed by atoms with E-state index in [-0.39, 0.29) is 0 Å². The van der Waals surface area contributed by atoms with Crippen LogP contribution in [0.25, 0.3) is 89.4 Å². The van der Waals surface area contributed by atoms with Crippen LogP contribution in [0.15, 0.2) is 142 Å². The van der Waals surface area contributed by atoms with Gasteiger partial charge in [-0.25, -0.2) is 15.0 Å². The molecule has 5 nitrogen and oxygen atoms in total. The molecule has 0 N–H and O–H groups in total. The number of hydrogen-bond acceptors (Lipinski definition) is 5. The lowest BCUT2D eigenvalue weighted by Gasteiger charge is -2.16. The van der Waals surface area contributed by atoms with E-state index in [1.807, 2.05) is 60.7 Å². The Morgan fingerprint density at radius 2 is 1.10 bits per heavy atom. The van der Waals surface area contributed by atoms with Gasteiger partial charge in [0.05, 0.1) is 0 Å². The normalized spacial score (nSPS) is 13.0. The fourth-order valence-corrected chi connectivity index (χ4v) is 7.06. The Hall–Kier alpha value is -6.33. The molecule has 0 atom stereocenters. The molecule has 0 saturated heterocycles. The lowest BCUT2D eigenvalue weighted by Crippen LogP contribution is -2.06. The highest BCUT2D eigenvalue weighted by molar-refractivity contribution is 6.13. The molecule has 0 unspecified atom stereocenters. The molecule has 226 valence electrons.